The summed E-state index contributed by atoms with van der Waals surface area (Å²) in [7, 11) is 0. The Hall–Kier alpha value is -2.65. The molecule has 0 fully saturated rings. The second-order valence-electron chi connectivity index (χ2n) is 5.85. The number of carbonyl (C=O) groups excluding carboxylic acids is 4. The van der Waals surface area contributed by atoms with E-state index in [0.717, 1.165) is 6.92 Å². The van der Waals surface area contributed by atoms with Gasteiger partial charge in [0.2, 0.25) is 23.6 Å². The maximum Gasteiger partial charge on any atom is 0.325 e. The van der Waals surface area contributed by atoms with Crippen LogP contribution in [0.4, 0.5) is 0 Å². The Morgan fingerprint density at radius 1 is 0.923 bits per heavy atom. The van der Waals surface area contributed by atoms with Crippen LogP contribution in [0.5, 0.6) is 0 Å². The summed E-state index contributed by atoms with van der Waals surface area (Å²) in [6, 6.07) is -3.80. The molecule has 5 N–H and O–H groups in total. The van der Waals surface area contributed by atoms with Gasteiger partial charge in [-0.05, 0) is 33.1 Å². The Morgan fingerprint density at radius 3 is 2.04 bits per heavy atom. The highest BCUT2D eigenvalue weighted by Gasteiger charge is 2.24. The van der Waals surface area contributed by atoms with Gasteiger partial charge in [-0.25, -0.2) is 0 Å². The lowest BCUT2D eigenvalue weighted by atomic mass is 10.1. The zero-order valence-corrected chi connectivity index (χ0v) is 15.4. The minimum absolute atomic E-state index is 0.0662. The molecular weight excluding hydrogens is 344 g/mol. The molecule has 10 heteroatoms. The van der Waals surface area contributed by atoms with Crippen molar-refractivity contribution in [2.75, 3.05) is 6.54 Å². The summed E-state index contributed by atoms with van der Waals surface area (Å²) in [4.78, 5) is 57.8. The first-order chi connectivity index (χ1) is 12.9. The van der Waals surface area contributed by atoms with Crippen molar-refractivity contribution in [2.24, 2.45) is 0 Å². The van der Waals surface area contributed by atoms with Crippen LogP contribution in [0.15, 0.2) is 0 Å². The van der Waals surface area contributed by atoms with Crippen molar-refractivity contribution in [1.82, 2.24) is 21.3 Å². The summed E-state index contributed by atoms with van der Waals surface area (Å²) in [5.74, 6) is -3.96. The zero-order valence-electron chi connectivity index (χ0n) is 17.4. The molecule has 148 valence electrons. The van der Waals surface area contributed by atoms with Crippen LogP contribution in [0, 0.1) is 0 Å². The third kappa shape index (κ3) is 10.3. The fraction of sp³-hybridized carbons (Fsp3) is 0.688. The normalized spacial score (nSPS) is 14.8. The van der Waals surface area contributed by atoms with Crippen LogP contribution < -0.4 is 21.3 Å². The van der Waals surface area contributed by atoms with E-state index in [0.29, 0.717) is 30.0 Å². The molecule has 0 aromatic carbocycles. The summed E-state index contributed by atoms with van der Waals surface area (Å²) in [6.45, 7) is 5.31. The zero-order chi connectivity index (χ0) is 22.0. The molecule has 0 aromatic heterocycles. The highest BCUT2D eigenvalue weighted by molar-refractivity contribution is 5.92. The number of carbonyl (C=O) groups is 5. The molecule has 0 spiro atoms. The third-order valence-electron chi connectivity index (χ3n) is 3.33. The molecule has 0 heterocycles. The van der Waals surface area contributed by atoms with Crippen LogP contribution >= 0.6 is 0 Å². The number of carboxylic acids is 1. The van der Waals surface area contributed by atoms with Crippen LogP contribution in [0.3, 0.4) is 0 Å². The molecule has 0 radical (unpaired) electrons. The second-order valence-corrected chi connectivity index (χ2v) is 5.85. The Morgan fingerprint density at radius 2 is 1.54 bits per heavy atom. The number of amides is 4. The van der Waals surface area contributed by atoms with Gasteiger partial charge in [0.05, 0.1) is 0 Å². The van der Waals surface area contributed by atoms with E-state index in [2.05, 4.69) is 10.6 Å². The number of nitrogens with one attached hydrogen (secondary N) is 4. The smallest absolute Gasteiger partial charge is 0.325 e. The van der Waals surface area contributed by atoms with Crippen LogP contribution in [0.25, 0.3) is 0 Å². The lowest BCUT2D eigenvalue weighted by Crippen LogP contribution is -2.54. The van der Waals surface area contributed by atoms with Gasteiger partial charge < -0.3 is 26.4 Å². The molecule has 10 nitrogen and oxygen atoms in total. The predicted molar refractivity (Wildman–Crippen MR) is 93.0 cm³/mol. The molecule has 0 bridgehead atoms. The Balaban J connectivity index is 5.03. The standard InChI is InChI=1S/C16H28N4O6/c1-9(14(23)19-10(2)16(25)26)18-15(24)13(20-12(4)22)7-5-6-8-17-11(3)21/h9-10,13H,5-8H2,1-4H3,(H,17,21)(H,18,24)(H,19,23)(H,20,22)(H,25,26)/t9-,10-,13-/m0/s1/i/hD2. The van der Waals surface area contributed by atoms with E-state index in [9.17, 15) is 24.0 Å². The molecular formula is C16H28N4O6. The first-order valence-electron chi connectivity index (χ1n) is 9.17. The van der Waals surface area contributed by atoms with Crippen molar-refractivity contribution in [3.63, 3.8) is 0 Å². The molecule has 26 heavy (non-hydrogen) atoms. The quantitative estimate of drug-likeness (QED) is 0.289. The van der Waals surface area contributed by atoms with E-state index in [4.69, 9.17) is 7.93 Å². The van der Waals surface area contributed by atoms with Crippen molar-refractivity contribution >= 4 is 29.6 Å². The number of unbranched alkanes of at least 4 members (excludes halogenated alkanes) is 1. The SMILES string of the molecule is [2H]N(C(=O)[C@H](CCCCNC(C)=O)N([2H])C(C)=O)[C@@H](C)C(=O)N[C@@H](C)C(=O)O. The van der Waals surface area contributed by atoms with Crippen LogP contribution in [-0.4, -0.2) is 59.4 Å². The van der Waals surface area contributed by atoms with Gasteiger partial charge in [0.25, 0.3) is 0 Å². The lowest BCUT2D eigenvalue weighted by Gasteiger charge is -2.21. The molecule has 0 aromatic rings. The molecule has 0 saturated heterocycles. The van der Waals surface area contributed by atoms with Crippen molar-refractivity contribution in [2.45, 2.75) is 65.1 Å². The summed E-state index contributed by atoms with van der Waals surface area (Å²) in [6.07, 6.45) is 0.958. The van der Waals surface area contributed by atoms with Crippen LogP contribution in [0.2, 0.25) is 2.82 Å². The lowest BCUT2D eigenvalue weighted by molar-refractivity contribution is -0.141. The average Bonchev–Trinajstić information content (AvgIpc) is 2.61. The number of carboxylic acid groups (broad SMARTS) is 1. The van der Waals surface area contributed by atoms with Gasteiger partial charge in [-0.2, -0.15) is 0 Å². The Bertz CT molecular complexity index is 604. The third-order valence-corrected chi connectivity index (χ3v) is 3.33. The van der Waals surface area contributed by atoms with Gasteiger partial charge in [0, 0.05) is 20.4 Å². The summed E-state index contributed by atoms with van der Waals surface area (Å²) in [5, 5.41) is 14.4. The highest BCUT2D eigenvalue weighted by Crippen LogP contribution is 2.02. The minimum Gasteiger partial charge on any atom is -0.480 e. The van der Waals surface area contributed by atoms with Crippen molar-refractivity contribution in [1.29, 1.82) is 0 Å². The average molecular weight is 374 g/mol. The molecule has 4 amide bonds. The van der Waals surface area contributed by atoms with E-state index in [1.807, 2.05) is 0 Å². The fourth-order valence-electron chi connectivity index (χ4n) is 1.92. The van der Waals surface area contributed by atoms with E-state index in [1.54, 1.807) is 0 Å². The molecule has 3 atom stereocenters. The maximum absolute atomic E-state index is 12.6. The molecule has 0 aliphatic carbocycles. The highest BCUT2D eigenvalue weighted by atomic mass is 16.4. The van der Waals surface area contributed by atoms with E-state index >= 15 is 0 Å². The van der Waals surface area contributed by atoms with Gasteiger partial charge in [-0.15, -0.1) is 0 Å². The summed E-state index contributed by atoms with van der Waals surface area (Å²) >= 11 is 0. The van der Waals surface area contributed by atoms with Gasteiger partial charge in [-0.3, -0.25) is 24.0 Å². The number of rotatable bonds is 11. The molecule has 0 aliphatic rings. The van der Waals surface area contributed by atoms with Crippen LogP contribution in [-0.2, 0) is 24.0 Å². The second kappa shape index (κ2) is 11.8. The minimum atomic E-state index is -1.32. The van der Waals surface area contributed by atoms with E-state index in [1.165, 1.54) is 20.8 Å². The van der Waals surface area contributed by atoms with Gasteiger partial charge >= 0.3 is 5.97 Å². The van der Waals surface area contributed by atoms with Gasteiger partial charge in [0.15, 0.2) is 2.82 Å². The molecule has 0 aliphatic heterocycles. The maximum atomic E-state index is 12.6. The van der Waals surface area contributed by atoms with Gasteiger partial charge in [0.1, 0.15) is 18.1 Å². The predicted octanol–water partition coefficient (Wildman–Crippen LogP) is -1.11. The Kier molecular flexibility index (Phi) is 8.95. The number of hydrogen-bond donors (Lipinski definition) is 5. The van der Waals surface area contributed by atoms with E-state index < -0.39 is 41.8 Å². The first kappa shape index (κ1) is 19.7. The molecule has 0 rings (SSSR count). The van der Waals surface area contributed by atoms with Crippen molar-refractivity contribution < 1.29 is 31.9 Å². The van der Waals surface area contributed by atoms with Crippen LogP contribution in [0.1, 0.15) is 47.0 Å². The molecule has 0 saturated carbocycles. The summed E-state index contributed by atoms with van der Waals surface area (Å²) < 4.78 is 15.7. The fourth-order valence-corrected chi connectivity index (χ4v) is 1.92. The Labute approximate surface area is 155 Å². The van der Waals surface area contributed by atoms with E-state index in [-0.39, 0.29) is 12.3 Å². The summed E-state index contributed by atoms with van der Waals surface area (Å²) in [5.41, 5.74) is 0. The molecule has 0 unspecified atom stereocenters. The number of aliphatic carboxylic acids is 1. The largest absolute Gasteiger partial charge is 0.480 e. The number of hydrogen-bond acceptors (Lipinski definition) is 5. The van der Waals surface area contributed by atoms with Crippen molar-refractivity contribution in [3.8, 4) is 0 Å². The first-order valence-corrected chi connectivity index (χ1v) is 8.28. The van der Waals surface area contributed by atoms with Crippen molar-refractivity contribution in [3.05, 3.63) is 0 Å². The monoisotopic (exact) mass is 374 g/mol. The van der Waals surface area contributed by atoms with Gasteiger partial charge in [-0.1, -0.05) is 0 Å². The topological polar surface area (TPSA) is 154 Å².